The van der Waals surface area contributed by atoms with Gasteiger partial charge < -0.3 is 10.6 Å². The average molecular weight is 219 g/mol. The summed E-state index contributed by atoms with van der Waals surface area (Å²) in [6.07, 6.45) is 0. The van der Waals surface area contributed by atoms with Crippen molar-refractivity contribution in [1.29, 1.82) is 0 Å². The van der Waals surface area contributed by atoms with Crippen LogP contribution >= 0.6 is 23.2 Å². The lowest BCUT2D eigenvalue weighted by atomic mass is 10.3. The number of carbonyl (C=O) groups is 1. The number of hydrogen-bond acceptors (Lipinski definition) is 1. The monoisotopic (exact) mass is 218 g/mol. The number of amides is 2. The fourth-order valence-electron chi connectivity index (χ4n) is 0.820. The third-order valence-corrected chi connectivity index (χ3v) is 1.78. The van der Waals surface area contributed by atoms with Gasteiger partial charge in [0.2, 0.25) is 0 Å². The fourth-order valence-corrected chi connectivity index (χ4v) is 1.35. The third-order valence-electron chi connectivity index (χ3n) is 1.35. The minimum Gasteiger partial charge on any atom is -0.341 e. The standard InChI is InChI=1S/C8H8Cl2N2O/c1-11-8(13)12-7-3-5(9)2-6(10)4-7/h2-4H,1H3,(H2,11,12,13). The summed E-state index contributed by atoms with van der Waals surface area (Å²) in [5, 5.41) is 5.94. The van der Waals surface area contributed by atoms with Crippen molar-refractivity contribution in [3.05, 3.63) is 28.2 Å². The van der Waals surface area contributed by atoms with Crippen molar-refractivity contribution >= 4 is 34.9 Å². The van der Waals surface area contributed by atoms with E-state index < -0.39 is 0 Å². The smallest absolute Gasteiger partial charge is 0.318 e. The highest BCUT2D eigenvalue weighted by Gasteiger charge is 2.00. The zero-order valence-corrected chi connectivity index (χ0v) is 8.41. The topological polar surface area (TPSA) is 41.1 Å². The van der Waals surface area contributed by atoms with E-state index in [2.05, 4.69) is 10.6 Å². The molecule has 2 N–H and O–H groups in total. The van der Waals surface area contributed by atoms with Gasteiger partial charge in [-0.05, 0) is 18.2 Å². The Morgan fingerprint density at radius 3 is 2.23 bits per heavy atom. The van der Waals surface area contributed by atoms with Crippen LogP contribution in [0, 0.1) is 0 Å². The Kier molecular flexibility index (Phi) is 3.39. The van der Waals surface area contributed by atoms with E-state index in [1.165, 1.54) is 7.05 Å². The SMILES string of the molecule is CNC(=O)Nc1cc(Cl)cc(Cl)c1. The highest BCUT2D eigenvalue weighted by Crippen LogP contribution is 2.22. The summed E-state index contributed by atoms with van der Waals surface area (Å²) in [5.74, 6) is 0. The second kappa shape index (κ2) is 4.35. The molecule has 0 radical (unpaired) electrons. The van der Waals surface area contributed by atoms with Gasteiger partial charge in [0.25, 0.3) is 0 Å². The minimum atomic E-state index is -0.307. The summed E-state index contributed by atoms with van der Waals surface area (Å²) in [7, 11) is 1.53. The number of hydrogen-bond donors (Lipinski definition) is 2. The summed E-state index contributed by atoms with van der Waals surface area (Å²) in [6.45, 7) is 0. The summed E-state index contributed by atoms with van der Waals surface area (Å²) in [5.41, 5.74) is 0.567. The molecule has 1 rings (SSSR count). The first-order valence-electron chi connectivity index (χ1n) is 3.56. The first-order chi connectivity index (χ1) is 6.11. The Bertz CT molecular complexity index is 308. The Hall–Kier alpha value is -0.930. The quantitative estimate of drug-likeness (QED) is 0.748. The van der Waals surface area contributed by atoms with Crippen LogP contribution in [0.3, 0.4) is 0 Å². The molecule has 13 heavy (non-hydrogen) atoms. The molecule has 0 saturated carbocycles. The van der Waals surface area contributed by atoms with E-state index in [0.717, 1.165) is 0 Å². The molecule has 0 heterocycles. The zero-order chi connectivity index (χ0) is 9.84. The zero-order valence-electron chi connectivity index (χ0n) is 6.90. The van der Waals surface area contributed by atoms with Crippen molar-refractivity contribution < 1.29 is 4.79 Å². The molecule has 0 bridgehead atoms. The summed E-state index contributed by atoms with van der Waals surface area (Å²) >= 11 is 11.4. The van der Waals surface area contributed by atoms with E-state index in [-0.39, 0.29) is 6.03 Å². The number of rotatable bonds is 1. The van der Waals surface area contributed by atoms with Crippen LogP contribution in [0.2, 0.25) is 10.0 Å². The highest BCUT2D eigenvalue weighted by molar-refractivity contribution is 6.35. The molecule has 0 atom stereocenters. The summed E-state index contributed by atoms with van der Waals surface area (Å²) < 4.78 is 0. The van der Waals surface area contributed by atoms with Crippen molar-refractivity contribution in [3.63, 3.8) is 0 Å². The molecule has 0 fully saturated rings. The van der Waals surface area contributed by atoms with Crippen LogP contribution in [0.5, 0.6) is 0 Å². The Morgan fingerprint density at radius 1 is 1.23 bits per heavy atom. The van der Waals surface area contributed by atoms with Gasteiger partial charge in [-0.3, -0.25) is 0 Å². The Labute approximate surface area is 86.0 Å². The van der Waals surface area contributed by atoms with Crippen LogP contribution in [0.4, 0.5) is 10.5 Å². The number of anilines is 1. The van der Waals surface area contributed by atoms with Gasteiger partial charge in [-0.1, -0.05) is 23.2 Å². The van der Waals surface area contributed by atoms with Gasteiger partial charge in [0, 0.05) is 22.8 Å². The van der Waals surface area contributed by atoms with E-state index in [0.29, 0.717) is 15.7 Å². The number of nitrogens with one attached hydrogen (secondary N) is 2. The first-order valence-corrected chi connectivity index (χ1v) is 4.32. The first kappa shape index (κ1) is 10.2. The van der Waals surface area contributed by atoms with E-state index >= 15 is 0 Å². The molecule has 0 aliphatic carbocycles. The van der Waals surface area contributed by atoms with Gasteiger partial charge in [-0.2, -0.15) is 0 Å². The van der Waals surface area contributed by atoms with Crippen LogP contribution in [0.1, 0.15) is 0 Å². The lowest BCUT2D eigenvalue weighted by molar-refractivity contribution is 0.254. The molecular weight excluding hydrogens is 211 g/mol. The molecule has 0 aliphatic heterocycles. The fraction of sp³-hybridized carbons (Fsp3) is 0.125. The van der Waals surface area contributed by atoms with Crippen LogP contribution in [-0.4, -0.2) is 13.1 Å². The van der Waals surface area contributed by atoms with Crippen molar-refractivity contribution in [2.45, 2.75) is 0 Å². The third kappa shape index (κ3) is 3.13. The van der Waals surface area contributed by atoms with Gasteiger partial charge in [0.1, 0.15) is 0 Å². The maximum Gasteiger partial charge on any atom is 0.318 e. The lowest BCUT2D eigenvalue weighted by Gasteiger charge is -2.04. The van der Waals surface area contributed by atoms with Crippen LogP contribution in [-0.2, 0) is 0 Å². The van der Waals surface area contributed by atoms with Gasteiger partial charge in [0.05, 0.1) is 0 Å². The molecule has 0 spiro atoms. The second-order valence-electron chi connectivity index (χ2n) is 2.36. The molecular formula is C8H8Cl2N2O. The summed E-state index contributed by atoms with van der Waals surface area (Å²) in [6, 6.07) is 4.52. The molecule has 2 amide bonds. The normalized spacial score (nSPS) is 9.46. The second-order valence-corrected chi connectivity index (χ2v) is 3.24. The largest absolute Gasteiger partial charge is 0.341 e. The van der Waals surface area contributed by atoms with E-state index in [9.17, 15) is 4.79 Å². The predicted octanol–water partition coefficient (Wildman–Crippen LogP) is 2.74. The molecule has 1 aromatic rings. The molecule has 5 heteroatoms. The molecule has 1 aromatic carbocycles. The van der Waals surface area contributed by atoms with Crippen LogP contribution < -0.4 is 10.6 Å². The molecule has 0 saturated heterocycles. The summed E-state index contributed by atoms with van der Waals surface area (Å²) in [4.78, 5) is 10.9. The predicted molar refractivity (Wildman–Crippen MR) is 54.5 cm³/mol. The molecule has 3 nitrogen and oxygen atoms in total. The van der Waals surface area contributed by atoms with Crippen LogP contribution in [0.25, 0.3) is 0 Å². The molecule has 0 unspecified atom stereocenters. The number of urea groups is 1. The number of halogens is 2. The van der Waals surface area contributed by atoms with E-state index in [1.807, 2.05) is 0 Å². The van der Waals surface area contributed by atoms with E-state index in [1.54, 1.807) is 18.2 Å². The van der Waals surface area contributed by atoms with Gasteiger partial charge in [-0.25, -0.2) is 4.79 Å². The average Bonchev–Trinajstić information content (AvgIpc) is 2.02. The van der Waals surface area contributed by atoms with Crippen molar-refractivity contribution in [2.24, 2.45) is 0 Å². The van der Waals surface area contributed by atoms with Crippen molar-refractivity contribution in [2.75, 3.05) is 12.4 Å². The molecule has 0 aromatic heterocycles. The van der Waals surface area contributed by atoms with Crippen molar-refractivity contribution in [3.8, 4) is 0 Å². The maximum atomic E-state index is 10.9. The van der Waals surface area contributed by atoms with Gasteiger partial charge in [0.15, 0.2) is 0 Å². The number of carbonyl (C=O) groups excluding carboxylic acids is 1. The lowest BCUT2D eigenvalue weighted by Crippen LogP contribution is -2.24. The Balaban J connectivity index is 2.83. The van der Waals surface area contributed by atoms with Crippen LogP contribution in [0.15, 0.2) is 18.2 Å². The molecule has 0 aliphatic rings. The number of benzene rings is 1. The van der Waals surface area contributed by atoms with Crippen molar-refractivity contribution in [1.82, 2.24) is 5.32 Å². The van der Waals surface area contributed by atoms with E-state index in [4.69, 9.17) is 23.2 Å². The maximum absolute atomic E-state index is 10.9. The molecule has 70 valence electrons. The highest BCUT2D eigenvalue weighted by atomic mass is 35.5. The minimum absolute atomic E-state index is 0.307. The van der Waals surface area contributed by atoms with Gasteiger partial charge >= 0.3 is 6.03 Å². The van der Waals surface area contributed by atoms with Gasteiger partial charge in [-0.15, -0.1) is 0 Å². The Morgan fingerprint density at radius 2 is 1.77 bits per heavy atom.